The quantitative estimate of drug-likeness (QED) is 0.871. The standard InChI is InChI=1S/C13H20N2O4S/c1-13(2,15-20(3,17)18)12(16)14-10-5-4-6-11-9(10)7-8-19-11/h7-8,10,15H,4-6H2,1-3H3,(H,14,16). The molecule has 1 atom stereocenters. The SMILES string of the molecule is CC(C)(NS(C)(=O)=O)C(=O)NC1CCCc2occc21. The van der Waals surface area contributed by atoms with E-state index >= 15 is 0 Å². The summed E-state index contributed by atoms with van der Waals surface area (Å²) in [5, 5.41) is 2.90. The lowest BCUT2D eigenvalue weighted by molar-refractivity contribution is -0.126. The van der Waals surface area contributed by atoms with Crippen LogP contribution >= 0.6 is 0 Å². The molecule has 0 bridgehead atoms. The molecule has 2 N–H and O–H groups in total. The van der Waals surface area contributed by atoms with Crippen molar-refractivity contribution in [2.24, 2.45) is 0 Å². The van der Waals surface area contributed by atoms with Gasteiger partial charge in [-0.3, -0.25) is 4.79 Å². The van der Waals surface area contributed by atoms with Gasteiger partial charge in [-0.15, -0.1) is 0 Å². The molecular formula is C13H20N2O4S. The van der Waals surface area contributed by atoms with Gasteiger partial charge in [0.05, 0.1) is 18.6 Å². The second-order valence-corrected chi connectivity index (χ2v) is 7.47. The number of nitrogens with one attached hydrogen (secondary N) is 2. The van der Waals surface area contributed by atoms with E-state index < -0.39 is 15.6 Å². The van der Waals surface area contributed by atoms with Crippen molar-refractivity contribution in [1.29, 1.82) is 0 Å². The van der Waals surface area contributed by atoms with Gasteiger partial charge >= 0.3 is 0 Å². The van der Waals surface area contributed by atoms with Gasteiger partial charge in [-0.1, -0.05) is 0 Å². The molecule has 0 aliphatic heterocycles. The fourth-order valence-electron chi connectivity index (χ4n) is 2.48. The molecule has 1 unspecified atom stereocenters. The number of hydrogen-bond acceptors (Lipinski definition) is 4. The third-order valence-electron chi connectivity index (χ3n) is 3.37. The van der Waals surface area contributed by atoms with Crippen LogP contribution in [0, 0.1) is 0 Å². The Kier molecular flexibility index (Phi) is 3.93. The molecule has 1 amide bonds. The number of sulfonamides is 1. The average molecular weight is 300 g/mol. The van der Waals surface area contributed by atoms with Crippen LogP contribution in [0.1, 0.15) is 44.1 Å². The molecule has 1 aliphatic rings. The zero-order valence-electron chi connectivity index (χ0n) is 11.9. The summed E-state index contributed by atoms with van der Waals surface area (Å²) in [4.78, 5) is 12.3. The lowest BCUT2D eigenvalue weighted by Gasteiger charge is -2.29. The van der Waals surface area contributed by atoms with Crippen LogP contribution in [0.15, 0.2) is 16.7 Å². The Morgan fingerprint density at radius 2 is 2.15 bits per heavy atom. The predicted molar refractivity (Wildman–Crippen MR) is 74.6 cm³/mol. The molecule has 2 rings (SSSR count). The monoisotopic (exact) mass is 300 g/mol. The van der Waals surface area contributed by atoms with Crippen molar-refractivity contribution in [3.05, 3.63) is 23.7 Å². The van der Waals surface area contributed by atoms with E-state index in [0.29, 0.717) is 0 Å². The molecule has 0 spiro atoms. The summed E-state index contributed by atoms with van der Waals surface area (Å²) in [6.45, 7) is 3.09. The number of fused-ring (bicyclic) bond motifs is 1. The summed E-state index contributed by atoms with van der Waals surface area (Å²) in [5.74, 6) is 0.553. The first-order chi connectivity index (χ1) is 9.19. The molecule has 6 nitrogen and oxygen atoms in total. The third kappa shape index (κ3) is 3.40. The van der Waals surface area contributed by atoms with Gasteiger partial charge in [-0.05, 0) is 32.8 Å². The number of furan rings is 1. The van der Waals surface area contributed by atoms with E-state index in [1.54, 1.807) is 20.1 Å². The Hall–Kier alpha value is -1.34. The largest absolute Gasteiger partial charge is 0.469 e. The minimum Gasteiger partial charge on any atom is -0.469 e. The lowest BCUT2D eigenvalue weighted by atomic mass is 9.92. The fraction of sp³-hybridized carbons (Fsp3) is 0.615. The highest BCUT2D eigenvalue weighted by molar-refractivity contribution is 7.88. The Morgan fingerprint density at radius 1 is 1.45 bits per heavy atom. The van der Waals surface area contributed by atoms with Crippen molar-refractivity contribution in [2.75, 3.05) is 6.26 Å². The van der Waals surface area contributed by atoms with Crippen molar-refractivity contribution in [3.8, 4) is 0 Å². The van der Waals surface area contributed by atoms with Crippen molar-refractivity contribution < 1.29 is 17.6 Å². The number of aryl methyl sites for hydroxylation is 1. The second kappa shape index (κ2) is 5.21. The van der Waals surface area contributed by atoms with Gasteiger partial charge in [0.2, 0.25) is 15.9 Å². The highest BCUT2D eigenvalue weighted by Crippen LogP contribution is 2.30. The van der Waals surface area contributed by atoms with Crippen molar-refractivity contribution in [3.63, 3.8) is 0 Å². The van der Waals surface area contributed by atoms with Crippen molar-refractivity contribution >= 4 is 15.9 Å². The predicted octanol–water partition coefficient (Wildman–Crippen LogP) is 1.10. The molecule has 1 aliphatic carbocycles. The summed E-state index contributed by atoms with van der Waals surface area (Å²) in [6, 6.07) is 1.74. The van der Waals surface area contributed by atoms with E-state index in [9.17, 15) is 13.2 Å². The van der Waals surface area contributed by atoms with E-state index in [0.717, 1.165) is 36.8 Å². The maximum Gasteiger partial charge on any atom is 0.241 e. The lowest BCUT2D eigenvalue weighted by Crippen LogP contribution is -2.55. The van der Waals surface area contributed by atoms with Gasteiger partial charge in [0.15, 0.2) is 0 Å². The molecule has 0 saturated heterocycles. The summed E-state index contributed by atoms with van der Waals surface area (Å²) < 4.78 is 30.3. The minimum absolute atomic E-state index is 0.120. The van der Waals surface area contributed by atoms with Crippen molar-refractivity contribution in [2.45, 2.75) is 44.7 Å². The fourth-order valence-corrected chi connectivity index (χ4v) is 3.50. The van der Waals surface area contributed by atoms with Gasteiger partial charge in [0.1, 0.15) is 11.3 Å². The molecule has 0 saturated carbocycles. The Labute approximate surface area is 119 Å². The van der Waals surface area contributed by atoms with Crippen LogP contribution in [0.4, 0.5) is 0 Å². The third-order valence-corrected chi connectivity index (χ3v) is 4.25. The molecule has 1 aromatic rings. The van der Waals surface area contributed by atoms with Crippen LogP contribution in [-0.4, -0.2) is 26.1 Å². The first kappa shape index (κ1) is 15.1. The van der Waals surface area contributed by atoms with Gasteiger partial charge in [0.25, 0.3) is 0 Å². The maximum absolute atomic E-state index is 12.3. The van der Waals surface area contributed by atoms with Crippen LogP contribution in [0.3, 0.4) is 0 Å². The van der Waals surface area contributed by atoms with Crippen LogP contribution < -0.4 is 10.0 Å². The Bertz CT molecular complexity index is 604. The summed E-state index contributed by atoms with van der Waals surface area (Å²) in [6.07, 6.45) is 5.30. The number of carbonyl (C=O) groups is 1. The van der Waals surface area contributed by atoms with E-state index in [2.05, 4.69) is 10.0 Å². The first-order valence-electron chi connectivity index (χ1n) is 6.55. The van der Waals surface area contributed by atoms with Gasteiger partial charge in [-0.25, -0.2) is 13.1 Å². The van der Waals surface area contributed by atoms with Crippen molar-refractivity contribution in [1.82, 2.24) is 10.0 Å². The van der Waals surface area contributed by atoms with Gasteiger partial charge in [0, 0.05) is 12.0 Å². The first-order valence-corrected chi connectivity index (χ1v) is 8.44. The summed E-state index contributed by atoms with van der Waals surface area (Å²) >= 11 is 0. The molecule has 1 aromatic heterocycles. The highest BCUT2D eigenvalue weighted by atomic mass is 32.2. The van der Waals surface area contributed by atoms with E-state index in [-0.39, 0.29) is 11.9 Å². The molecule has 0 aromatic carbocycles. The number of rotatable bonds is 4. The second-order valence-electron chi connectivity index (χ2n) is 5.72. The summed E-state index contributed by atoms with van der Waals surface area (Å²) in [5.41, 5.74) is -0.200. The molecule has 112 valence electrons. The zero-order chi connectivity index (χ0) is 15.0. The summed E-state index contributed by atoms with van der Waals surface area (Å²) in [7, 11) is -3.45. The van der Waals surface area contributed by atoms with Gasteiger partial charge < -0.3 is 9.73 Å². The Morgan fingerprint density at radius 3 is 2.80 bits per heavy atom. The van der Waals surface area contributed by atoms with Crippen LogP contribution in [0.2, 0.25) is 0 Å². The molecule has 1 heterocycles. The van der Waals surface area contributed by atoms with E-state index in [4.69, 9.17) is 4.42 Å². The molecule has 20 heavy (non-hydrogen) atoms. The van der Waals surface area contributed by atoms with E-state index in [1.165, 1.54) is 0 Å². The maximum atomic E-state index is 12.3. The van der Waals surface area contributed by atoms with Crippen LogP contribution in [0.5, 0.6) is 0 Å². The number of amides is 1. The molecular weight excluding hydrogens is 280 g/mol. The number of carbonyl (C=O) groups excluding carboxylic acids is 1. The van der Waals surface area contributed by atoms with Gasteiger partial charge in [-0.2, -0.15) is 0 Å². The molecule has 0 fully saturated rings. The topological polar surface area (TPSA) is 88.4 Å². The molecule has 7 heteroatoms. The van der Waals surface area contributed by atoms with E-state index in [1.807, 2.05) is 6.07 Å². The minimum atomic E-state index is -3.45. The average Bonchev–Trinajstić information content (AvgIpc) is 2.74. The number of hydrogen-bond donors (Lipinski definition) is 2. The van der Waals surface area contributed by atoms with Crippen LogP contribution in [0.25, 0.3) is 0 Å². The van der Waals surface area contributed by atoms with Crippen LogP contribution in [-0.2, 0) is 21.2 Å². The zero-order valence-corrected chi connectivity index (χ0v) is 12.7. The normalized spacial score (nSPS) is 19.4. The Balaban J connectivity index is 2.10. The molecule has 0 radical (unpaired) electrons. The highest BCUT2D eigenvalue weighted by Gasteiger charge is 2.33. The smallest absolute Gasteiger partial charge is 0.241 e.